The van der Waals surface area contributed by atoms with E-state index in [1.165, 1.54) is 7.11 Å². The van der Waals surface area contributed by atoms with Crippen LogP contribution in [-0.4, -0.2) is 20.2 Å². The van der Waals surface area contributed by atoms with E-state index in [0.29, 0.717) is 12.0 Å². The van der Waals surface area contributed by atoms with Crippen molar-refractivity contribution in [2.45, 2.75) is 6.42 Å². The zero-order valence-corrected chi connectivity index (χ0v) is 10.9. The predicted molar refractivity (Wildman–Crippen MR) is 74.2 cm³/mol. The minimum absolute atomic E-state index is 0.257. The summed E-state index contributed by atoms with van der Waals surface area (Å²) >= 11 is 0. The number of ether oxygens (including phenoxy) is 2. The van der Waals surface area contributed by atoms with E-state index in [1.54, 1.807) is 7.11 Å². The molecular formula is C16H14O3. The number of hydrogen-bond acceptors (Lipinski definition) is 3. The largest absolute Gasteiger partial charge is 0.497 e. The van der Waals surface area contributed by atoms with E-state index in [2.05, 4.69) is 6.07 Å². The Bertz CT molecular complexity index is 698. The molecule has 0 N–H and O–H groups in total. The van der Waals surface area contributed by atoms with Gasteiger partial charge in [0.05, 0.1) is 14.2 Å². The van der Waals surface area contributed by atoms with Crippen LogP contribution in [-0.2, 0) is 16.0 Å². The molecule has 0 aromatic heterocycles. The van der Waals surface area contributed by atoms with Crippen molar-refractivity contribution in [3.05, 3.63) is 47.0 Å². The van der Waals surface area contributed by atoms with Crippen molar-refractivity contribution in [3.8, 4) is 5.75 Å². The second-order valence-corrected chi connectivity index (χ2v) is 4.56. The van der Waals surface area contributed by atoms with Gasteiger partial charge in [-0.05, 0) is 40.1 Å². The lowest BCUT2D eigenvalue weighted by Gasteiger charge is -2.07. The Morgan fingerprint density at radius 1 is 1.16 bits per heavy atom. The highest BCUT2D eigenvalue weighted by Crippen LogP contribution is 2.33. The summed E-state index contributed by atoms with van der Waals surface area (Å²) in [5.74, 6) is 0.569. The Labute approximate surface area is 111 Å². The number of carbonyl (C=O) groups excluding carboxylic acids is 1. The van der Waals surface area contributed by atoms with E-state index >= 15 is 0 Å². The van der Waals surface area contributed by atoms with Gasteiger partial charge in [0.2, 0.25) is 0 Å². The lowest BCUT2D eigenvalue weighted by Crippen LogP contribution is -2.04. The molecule has 0 atom stereocenters. The summed E-state index contributed by atoms with van der Waals surface area (Å²) < 4.78 is 10.1. The van der Waals surface area contributed by atoms with Gasteiger partial charge in [-0.25, -0.2) is 4.79 Å². The Hall–Kier alpha value is -2.29. The lowest BCUT2D eigenvalue weighted by molar-refractivity contribution is -0.136. The average molecular weight is 254 g/mol. The molecule has 0 heterocycles. The van der Waals surface area contributed by atoms with Gasteiger partial charge in [0.1, 0.15) is 5.75 Å². The minimum atomic E-state index is -0.257. The first-order valence-corrected chi connectivity index (χ1v) is 6.11. The van der Waals surface area contributed by atoms with Crippen molar-refractivity contribution >= 4 is 22.8 Å². The molecule has 3 heteroatoms. The maximum atomic E-state index is 11.6. The van der Waals surface area contributed by atoms with Gasteiger partial charge in [-0.1, -0.05) is 18.2 Å². The van der Waals surface area contributed by atoms with E-state index in [-0.39, 0.29) is 5.97 Å². The van der Waals surface area contributed by atoms with Crippen LogP contribution in [0.2, 0.25) is 0 Å². The summed E-state index contributed by atoms with van der Waals surface area (Å²) in [6.07, 6.45) is 2.52. The first kappa shape index (κ1) is 11.8. The second-order valence-electron chi connectivity index (χ2n) is 4.56. The third-order valence-corrected chi connectivity index (χ3v) is 3.52. The normalized spacial score (nSPS) is 13.1. The van der Waals surface area contributed by atoms with Gasteiger partial charge in [-0.3, -0.25) is 0 Å². The number of hydrogen-bond donors (Lipinski definition) is 0. The van der Waals surface area contributed by atoms with Crippen LogP contribution in [0.15, 0.2) is 35.9 Å². The summed E-state index contributed by atoms with van der Waals surface area (Å²) in [5, 5.41) is 2.28. The second kappa shape index (κ2) is 4.43. The molecule has 0 saturated heterocycles. The molecular weight excluding hydrogens is 240 g/mol. The van der Waals surface area contributed by atoms with Crippen LogP contribution in [0.25, 0.3) is 16.8 Å². The fraction of sp³-hybridized carbons (Fsp3) is 0.188. The Kier molecular flexibility index (Phi) is 2.75. The molecule has 0 aliphatic heterocycles. The molecule has 3 nitrogen and oxygen atoms in total. The lowest BCUT2D eigenvalue weighted by atomic mass is 9.99. The van der Waals surface area contributed by atoms with Crippen LogP contribution in [0.3, 0.4) is 0 Å². The molecule has 2 aromatic rings. The third-order valence-electron chi connectivity index (χ3n) is 3.52. The van der Waals surface area contributed by atoms with Gasteiger partial charge in [-0.15, -0.1) is 0 Å². The number of benzene rings is 2. The summed E-state index contributed by atoms with van der Waals surface area (Å²) in [6, 6.07) is 10.1. The average Bonchev–Trinajstić information content (AvgIpc) is 2.90. The predicted octanol–water partition coefficient (Wildman–Crippen LogP) is 2.96. The molecule has 96 valence electrons. The fourth-order valence-corrected chi connectivity index (χ4v) is 2.53. The topological polar surface area (TPSA) is 35.5 Å². The van der Waals surface area contributed by atoms with E-state index in [4.69, 9.17) is 9.47 Å². The third kappa shape index (κ3) is 1.87. The number of esters is 1. The zero-order chi connectivity index (χ0) is 13.4. The van der Waals surface area contributed by atoms with Crippen molar-refractivity contribution in [2.24, 2.45) is 0 Å². The van der Waals surface area contributed by atoms with Gasteiger partial charge in [0.15, 0.2) is 0 Å². The summed E-state index contributed by atoms with van der Waals surface area (Å²) in [6.45, 7) is 0. The Morgan fingerprint density at radius 2 is 1.95 bits per heavy atom. The van der Waals surface area contributed by atoms with Crippen molar-refractivity contribution in [1.82, 2.24) is 0 Å². The molecule has 0 fully saturated rings. The van der Waals surface area contributed by atoms with Crippen LogP contribution < -0.4 is 4.74 Å². The first-order chi connectivity index (χ1) is 9.22. The van der Waals surface area contributed by atoms with Crippen molar-refractivity contribution < 1.29 is 14.3 Å². The molecule has 0 unspecified atom stereocenters. The van der Waals surface area contributed by atoms with E-state index < -0.39 is 0 Å². The minimum Gasteiger partial charge on any atom is -0.497 e. The van der Waals surface area contributed by atoms with Crippen molar-refractivity contribution in [1.29, 1.82) is 0 Å². The monoisotopic (exact) mass is 254 g/mol. The molecule has 3 rings (SSSR count). The number of methoxy groups -OCH3 is 2. The van der Waals surface area contributed by atoms with Crippen LogP contribution in [0.1, 0.15) is 11.1 Å². The van der Waals surface area contributed by atoms with E-state index in [9.17, 15) is 4.79 Å². The highest BCUT2D eigenvalue weighted by molar-refractivity contribution is 6.01. The molecule has 0 saturated carbocycles. The molecule has 0 amide bonds. The Morgan fingerprint density at radius 3 is 2.68 bits per heavy atom. The fourth-order valence-electron chi connectivity index (χ4n) is 2.53. The SMILES string of the molecule is COC(=O)C1=Cc2ccc3ccc(OC)cc3c2C1. The van der Waals surface area contributed by atoms with Gasteiger partial charge in [0.25, 0.3) is 0 Å². The quantitative estimate of drug-likeness (QED) is 0.773. The van der Waals surface area contributed by atoms with Crippen LogP contribution in [0.4, 0.5) is 0 Å². The number of rotatable bonds is 2. The first-order valence-electron chi connectivity index (χ1n) is 6.11. The van der Waals surface area contributed by atoms with Gasteiger partial charge in [-0.2, -0.15) is 0 Å². The van der Waals surface area contributed by atoms with E-state index in [0.717, 1.165) is 27.6 Å². The maximum Gasteiger partial charge on any atom is 0.334 e. The molecule has 19 heavy (non-hydrogen) atoms. The molecule has 0 spiro atoms. The van der Waals surface area contributed by atoms with Crippen molar-refractivity contribution in [3.63, 3.8) is 0 Å². The molecule has 0 radical (unpaired) electrons. The van der Waals surface area contributed by atoms with Gasteiger partial charge in [0, 0.05) is 12.0 Å². The number of fused-ring (bicyclic) bond motifs is 3. The van der Waals surface area contributed by atoms with Gasteiger partial charge < -0.3 is 9.47 Å². The number of carbonyl (C=O) groups is 1. The summed E-state index contributed by atoms with van der Waals surface area (Å²) in [7, 11) is 3.07. The molecule has 0 bridgehead atoms. The highest BCUT2D eigenvalue weighted by atomic mass is 16.5. The molecule has 1 aliphatic rings. The zero-order valence-electron chi connectivity index (χ0n) is 10.9. The van der Waals surface area contributed by atoms with Crippen LogP contribution in [0.5, 0.6) is 5.75 Å². The molecule has 1 aliphatic carbocycles. The van der Waals surface area contributed by atoms with Gasteiger partial charge >= 0.3 is 5.97 Å². The Balaban J connectivity index is 2.12. The molecule has 2 aromatic carbocycles. The maximum absolute atomic E-state index is 11.6. The van der Waals surface area contributed by atoms with E-state index in [1.807, 2.05) is 30.3 Å². The van der Waals surface area contributed by atoms with Crippen LogP contribution in [0, 0.1) is 0 Å². The standard InChI is InChI=1S/C16H14O3/c1-18-13-6-5-10-3-4-11-7-12(16(17)19-2)8-14(11)15(10)9-13/h3-7,9H,8H2,1-2H3. The van der Waals surface area contributed by atoms with Crippen molar-refractivity contribution in [2.75, 3.05) is 14.2 Å². The van der Waals surface area contributed by atoms with Crippen LogP contribution >= 0.6 is 0 Å². The smallest absolute Gasteiger partial charge is 0.334 e. The summed E-state index contributed by atoms with van der Waals surface area (Å²) in [5.41, 5.74) is 2.95. The highest BCUT2D eigenvalue weighted by Gasteiger charge is 2.20. The summed E-state index contributed by atoms with van der Waals surface area (Å²) in [4.78, 5) is 11.6.